The minimum Gasteiger partial charge on any atom is -0.465 e. The van der Waals surface area contributed by atoms with E-state index in [-0.39, 0.29) is 13.2 Å². The number of hydrogen-bond acceptors (Lipinski definition) is 5. The van der Waals surface area contributed by atoms with Crippen LogP contribution in [0.5, 0.6) is 0 Å². The highest BCUT2D eigenvalue weighted by atomic mass is 32.1. The molecule has 128 valence electrons. The lowest BCUT2D eigenvalue weighted by Gasteiger charge is -2.25. The molecule has 1 heterocycles. The van der Waals surface area contributed by atoms with E-state index < -0.39 is 17.4 Å². The van der Waals surface area contributed by atoms with Crippen molar-refractivity contribution in [1.29, 1.82) is 0 Å². The average Bonchev–Trinajstić information content (AvgIpc) is 3.00. The van der Waals surface area contributed by atoms with Crippen molar-refractivity contribution in [2.45, 2.75) is 33.1 Å². The number of ether oxygens (including phenoxy) is 2. The summed E-state index contributed by atoms with van der Waals surface area (Å²) in [5.74, 6) is -1.19. The molecule has 1 aromatic heterocycles. The molecule has 1 aromatic carbocycles. The van der Waals surface area contributed by atoms with Gasteiger partial charge in [0.2, 0.25) is 0 Å². The van der Waals surface area contributed by atoms with E-state index in [9.17, 15) is 9.59 Å². The van der Waals surface area contributed by atoms with Gasteiger partial charge in [-0.05, 0) is 55.8 Å². The summed E-state index contributed by atoms with van der Waals surface area (Å²) in [5, 5.41) is 2.04. The first-order valence-electron chi connectivity index (χ1n) is 7.94. The minimum absolute atomic E-state index is 0.209. The largest absolute Gasteiger partial charge is 0.465 e. The second kappa shape index (κ2) is 7.62. The molecule has 24 heavy (non-hydrogen) atoms. The lowest BCUT2D eigenvalue weighted by molar-refractivity contribution is -0.163. The second-order valence-electron chi connectivity index (χ2n) is 5.58. The highest BCUT2D eigenvalue weighted by Gasteiger charge is 2.46. The van der Waals surface area contributed by atoms with Crippen LogP contribution in [0.2, 0.25) is 0 Å². The molecular weight excluding hydrogens is 324 g/mol. The molecule has 0 spiro atoms. The zero-order chi connectivity index (χ0) is 17.7. The zero-order valence-corrected chi connectivity index (χ0v) is 15.2. The van der Waals surface area contributed by atoms with E-state index in [1.54, 1.807) is 44.2 Å². The third-order valence-corrected chi connectivity index (χ3v) is 5.02. The zero-order valence-electron chi connectivity index (χ0n) is 14.4. The summed E-state index contributed by atoms with van der Waals surface area (Å²) >= 11 is 1.66. The van der Waals surface area contributed by atoms with Gasteiger partial charge in [0.15, 0.2) is 5.41 Å². The van der Waals surface area contributed by atoms with Crippen LogP contribution < -0.4 is 0 Å². The van der Waals surface area contributed by atoms with Gasteiger partial charge in [0.1, 0.15) is 0 Å². The van der Waals surface area contributed by atoms with Crippen LogP contribution in [0.3, 0.4) is 0 Å². The van der Waals surface area contributed by atoms with Crippen molar-refractivity contribution in [3.8, 4) is 10.4 Å². The Balaban J connectivity index is 2.41. The van der Waals surface area contributed by atoms with E-state index in [0.717, 1.165) is 5.56 Å². The predicted octanol–water partition coefficient (Wildman–Crippen LogP) is 4.11. The quantitative estimate of drug-likeness (QED) is 0.583. The molecule has 0 amide bonds. The maximum atomic E-state index is 12.4. The molecule has 0 saturated heterocycles. The fourth-order valence-corrected chi connectivity index (χ4v) is 3.43. The van der Waals surface area contributed by atoms with Crippen molar-refractivity contribution in [3.63, 3.8) is 0 Å². The van der Waals surface area contributed by atoms with Crippen molar-refractivity contribution >= 4 is 23.3 Å². The Bertz CT molecular complexity index is 697. The Morgan fingerprint density at radius 1 is 1.00 bits per heavy atom. The van der Waals surface area contributed by atoms with Crippen LogP contribution in [-0.4, -0.2) is 25.2 Å². The summed E-state index contributed by atoms with van der Waals surface area (Å²) in [5.41, 5.74) is 1.36. The van der Waals surface area contributed by atoms with E-state index in [0.29, 0.717) is 5.56 Å². The van der Waals surface area contributed by atoms with Gasteiger partial charge in [-0.1, -0.05) is 24.3 Å². The first kappa shape index (κ1) is 18.2. The second-order valence-corrected chi connectivity index (χ2v) is 6.49. The topological polar surface area (TPSA) is 52.6 Å². The number of hydrogen-bond donors (Lipinski definition) is 0. The van der Waals surface area contributed by atoms with Gasteiger partial charge in [-0.15, -0.1) is 11.3 Å². The average molecular weight is 346 g/mol. The highest BCUT2D eigenvalue weighted by molar-refractivity contribution is 7.13. The van der Waals surface area contributed by atoms with Gasteiger partial charge in [-0.25, -0.2) is 0 Å². The standard InChI is InChI=1S/C19H22O4S/c1-5-22-17(20)19(4,18(21)23-6-2)15-9-7-14(8-10-15)16-13(3)11-12-24-16/h7-12H,5-6H2,1-4H3. The molecule has 0 unspecified atom stereocenters. The lowest BCUT2D eigenvalue weighted by atomic mass is 9.82. The smallest absolute Gasteiger partial charge is 0.327 e. The number of rotatable bonds is 6. The first-order valence-corrected chi connectivity index (χ1v) is 8.82. The fourth-order valence-electron chi connectivity index (χ4n) is 2.49. The summed E-state index contributed by atoms with van der Waals surface area (Å²) in [4.78, 5) is 26.0. The summed E-state index contributed by atoms with van der Waals surface area (Å²) in [6.45, 7) is 7.45. The van der Waals surface area contributed by atoms with E-state index in [2.05, 4.69) is 13.0 Å². The minimum atomic E-state index is -1.46. The molecule has 5 heteroatoms. The Morgan fingerprint density at radius 2 is 1.54 bits per heavy atom. The van der Waals surface area contributed by atoms with Gasteiger partial charge in [-0.3, -0.25) is 9.59 Å². The Morgan fingerprint density at radius 3 is 1.96 bits per heavy atom. The summed E-state index contributed by atoms with van der Waals surface area (Å²) in [6.07, 6.45) is 0. The van der Waals surface area contributed by atoms with Crippen LogP contribution >= 0.6 is 11.3 Å². The Hall–Kier alpha value is -2.14. The molecule has 0 saturated carbocycles. The molecule has 0 bridgehead atoms. The normalized spacial score (nSPS) is 11.2. The van der Waals surface area contributed by atoms with Crippen molar-refractivity contribution in [3.05, 3.63) is 46.8 Å². The van der Waals surface area contributed by atoms with Crippen molar-refractivity contribution < 1.29 is 19.1 Å². The molecule has 4 nitrogen and oxygen atoms in total. The number of benzene rings is 1. The molecule has 0 N–H and O–H groups in total. The third kappa shape index (κ3) is 3.36. The lowest BCUT2D eigenvalue weighted by Crippen LogP contribution is -2.43. The first-order chi connectivity index (χ1) is 11.4. The van der Waals surface area contributed by atoms with E-state index >= 15 is 0 Å². The number of aryl methyl sites for hydroxylation is 1. The Labute approximate surface area is 146 Å². The van der Waals surface area contributed by atoms with Crippen LogP contribution in [0, 0.1) is 6.92 Å². The van der Waals surface area contributed by atoms with E-state index in [1.807, 2.05) is 17.5 Å². The highest BCUT2D eigenvalue weighted by Crippen LogP contribution is 2.33. The van der Waals surface area contributed by atoms with Gasteiger partial charge < -0.3 is 9.47 Å². The molecule has 2 rings (SSSR count). The summed E-state index contributed by atoms with van der Waals surface area (Å²) in [7, 11) is 0. The van der Waals surface area contributed by atoms with Crippen molar-refractivity contribution in [1.82, 2.24) is 0 Å². The van der Waals surface area contributed by atoms with Crippen LogP contribution in [0.25, 0.3) is 10.4 Å². The Kier molecular flexibility index (Phi) is 5.78. The van der Waals surface area contributed by atoms with Crippen molar-refractivity contribution in [2.75, 3.05) is 13.2 Å². The van der Waals surface area contributed by atoms with Crippen LogP contribution in [-0.2, 0) is 24.5 Å². The monoisotopic (exact) mass is 346 g/mol. The molecule has 0 atom stereocenters. The van der Waals surface area contributed by atoms with Gasteiger partial charge in [0.05, 0.1) is 13.2 Å². The molecule has 0 aliphatic heterocycles. The maximum Gasteiger partial charge on any atom is 0.327 e. The predicted molar refractivity (Wildman–Crippen MR) is 95.1 cm³/mol. The van der Waals surface area contributed by atoms with Crippen LogP contribution in [0.1, 0.15) is 31.9 Å². The summed E-state index contributed by atoms with van der Waals surface area (Å²) < 4.78 is 10.2. The number of esters is 2. The van der Waals surface area contributed by atoms with Gasteiger partial charge in [0, 0.05) is 4.88 Å². The molecule has 0 fully saturated rings. The molecule has 0 aliphatic rings. The number of carbonyl (C=O) groups excluding carboxylic acids is 2. The van der Waals surface area contributed by atoms with Gasteiger partial charge in [0.25, 0.3) is 0 Å². The van der Waals surface area contributed by atoms with Gasteiger partial charge in [-0.2, -0.15) is 0 Å². The van der Waals surface area contributed by atoms with E-state index in [4.69, 9.17) is 9.47 Å². The van der Waals surface area contributed by atoms with Crippen LogP contribution in [0.4, 0.5) is 0 Å². The van der Waals surface area contributed by atoms with E-state index in [1.165, 1.54) is 10.4 Å². The molecule has 0 radical (unpaired) electrons. The maximum absolute atomic E-state index is 12.4. The molecule has 0 aliphatic carbocycles. The van der Waals surface area contributed by atoms with Crippen molar-refractivity contribution in [2.24, 2.45) is 0 Å². The van der Waals surface area contributed by atoms with Gasteiger partial charge >= 0.3 is 11.9 Å². The number of thiophene rings is 1. The summed E-state index contributed by atoms with van der Waals surface area (Å²) in [6, 6.07) is 9.50. The molecule has 2 aromatic rings. The van der Waals surface area contributed by atoms with Crippen LogP contribution in [0.15, 0.2) is 35.7 Å². The third-order valence-electron chi connectivity index (χ3n) is 3.95. The SMILES string of the molecule is CCOC(=O)C(C)(C(=O)OCC)c1ccc(-c2sccc2C)cc1. The number of carbonyl (C=O) groups is 2. The fraction of sp³-hybridized carbons (Fsp3) is 0.368. The molecular formula is C19H22O4S.